The van der Waals surface area contributed by atoms with Gasteiger partial charge in [0.05, 0.1) is 0 Å². The number of hydrogen-bond donors (Lipinski definition) is 1. The van der Waals surface area contributed by atoms with Crippen LogP contribution >= 0.6 is 0 Å². The highest BCUT2D eigenvalue weighted by Gasteiger charge is 2.31. The Morgan fingerprint density at radius 3 is 2.79 bits per heavy atom. The van der Waals surface area contributed by atoms with Crippen molar-refractivity contribution in [2.24, 2.45) is 0 Å². The number of rotatable bonds is 3. The lowest BCUT2D eigenvalue weighted by Gasteiger charge is -2.28. The summed E-state index contributed by atoms with van der Waals surface area (Å²) in [6.45, 7) is 2.64. The monoisotopic (exact) mass is 283 g/mol. The maximum atomic E-state index is 12.7. The Balaban J connectivity index is 2.33. The molecule has 0 saturated carbocycles. The molecule has 2 heterocycles. The van der Waals surface area contributed by atoms with Gasteiger partial charge in [0, 0.05) is 18.8 Å². The molecule has 1 saturated heterocycles. The van der Waals surface area contributed by atoms with Crippen molar-refractivity contribution in [3.63, 3.8) is 0 Å². The Morgan fingerprint density at radius 1 is 1.37 bits per heavy atom. The molecule has 1 aliphatic rings. The van der Waals surface area contributed by atoms with Crippen LogP contribution in [-0.2, 0) is 10.0 Å². The number of aromatic nitrogens is 1. The minimum atomic E-state index is -3.45. The van der Waals surface area contributed by atoms with Crippen molar-refractivity contribution in [2.45, 2.75) is 50.0 Å². The highest BCUT2D eigenvalue weighted by atomic mass is 32.2. The summed E-state index contributed by atoms with van der Waals surface area (Å²) in [5, 5.41) is 0. The molecule has 2 N–H and O–H groups in total. The number of sulfonamides is 1. The second kappa shape index (κ2) is 5.88. The third kappa shape index (κ3) is 3.06. The van der Waals surface area contributed by atoms with Crippen molar-refractivity contribution < 1.29 is 8.42 Å². The summed E-state index contributed by atoms with van der Waals surface area (Å²) in [6.07, 6.45) is 6.27. The van der Waals surface area contributed by atoms with E-state index in [1.165, 1.54) is 18.3 Å². The van der Waals surface area contributed by atoms with Crippen molar-refractivity contribution in [1.29, 1.82) is 0 Å². The van der Waals surface area contributed by atoms with Crippen LogP contribution < -0.4 is 5.73 Å². The van der Waals surface area contributed by atoms with E-state index in [0.29, 0.717) is 12.4 Å². The molecule has 6 heteroatoms. The maximum absolute atomic E-state index is 12.7. The van der Waals surface area contributed by atoms with Crippen molar-refractivity contribution >= 4 is 15.8 Å². The van der Waals surface area contributed by atoms with E-state index in [0.717, 1.165) is 32.1 Å². The van der Waals surface area contributed by atoms with E-state index in [1.54, 1.807) is 4.31 Å². The molecule has 0 aromatic carbocycles. The number of nitrogens with two attached hydrogens (primary N) is 1. The van der Waals surface area contributed by atoms with E-state index in [4.69, 9.17) is 5.73 Å². The zero-order valence-electron chi connectivity index (χ0n) is 11.2. The quantitative estimate of drug-likeness (QED) is 0.920. The van der Waals surface area contributed by atoms with Crippen LogP contribution in [0.1, 0.15) is 39.0 Å². The minimum Gasteiger partial charge on any atom is -0.384 e. The second-order valence-electron chi connectivity index (χ2n) is 4.95. The molecule has 0 radical (unpaired) electrons. The Bertz CT molecular complexity index is 513. The number of hydrogen-bond acceptors (Lipinski definition) is 4. The molecule has 0 aliphatic carbocycles. The van der Waals surface area contributed by atoms with E-state index < -0.39 is 10.0 Å². The Hall–Kier alpha value is -1.14. The van der Waals surface area contributed by atoms with Gasteiger partial charge in [-0.05, 0) is 31.4 Å². The van der Waals surface area contributed by atoms with Crippen LogP contribution in [0.3, 0.4) is 0 Å². The number of nitrogens with zero attached hydrogens (tertiary/aromatic N) is 2. The first-order chi connectivity index (χ1) is 9.05. The average Bonchev–Trinajstić information content (AvgIpc) is 2.64. The molecule has 1 atom stereocenters. The van der Waals surface area contributed by atoms with E-state index in [1.807, 2.05) is 6.92 Å². The van der Waals surface area contributed by atoms with E-state index in [-0.39, 0.29) is 10.9 Å². The zero-order valence-corrected chi connectivity index (χ0v) is 12.1. The van der Waals surface area contributed by atoms with Crippen LogP contribution in [0.15, 0.2) is 23.2 Å². The lowest BCUT2D eigenvalue weighted by Crippen LogP contribution is -2.39. The molecule has 1 unspecified atom stereocenters. The predicted molar refractivity (Wildman–Crippen MR) is 75.1 cm³/mol. The van der Waals surface area contributed by atoms with Gasteiger partial charge >= 0.3 is 0 Å². The first-order valence-electron chi connectivity index (χ1n) is 6.79. The molecule has 1 aromatic rings. The van der Waals surface area contributed by atoms with E-state index >= 15 is 0 Å². The van der Waals surface area contributed by atoms with E-state index in [2.05, 4.69) is 4.98 Å². The second-order valence-corrected chi connectivity index (χ2v) is 6.84. The van der Waals surface area contributed by atoms with Crippen molar-refractivity contribution in [3.8, 4) is 0 Å². The van der Waals surface area contributed by atoms with Gasteiger partial charge in [0.1, 0.15) is 10.7 Å². The van der Waals surface area contributed by atoms with Gasteiger partial charge in [-0.1, -0.05) is 19.8 Å². The molecule has 0 bridgehead atoms. The SMILES string of the molecule is CCC1CCCCCN1S(=O)(=O)c1ccc(N)nc1. The standard InChI is InChI=1S/C13H21N3O2S/c1-2-11-6-4-3-5-9-16(11)19(17,18)12-7-8-13(14)15-10-12/h7-8,10-11H,2-6,9H2,1H3,(H2,14,15). The normalized spacial score (nSPS) is 22.1. The topological polar surface area (TPSA) is 76.3 Å². The zero-order chi connectivity index (χ0) is 13.9. The maximum Gasteiger partial charge on any atom is 0.244 e. The Labute approximate surface area is 114 Å². The van der Waals surface area contributed by atoms with E-state index in [9.17, 15) is 8.42 Å². The molecule has 1 fully saturated rings. The van der Waals surface area contributed by atoms with Gasteiger partial charge in [0.25, 0.3) is 0 Å². The van der Waals surface area contributed by atoms with Gasteiger partial charge in [0.2, 0.25) is 10.0 Å². The summed E-state index contributed by atoms with van der Waals surface area (Å²) in [5.74, 6) is 0.335. The highest BCUT2D eigenvalue weighted by molar-refractivity contribution is 7.89. The van der Waals surface area contributed by atoms with Crippen LogP contribution in [0.5, 0.6) is 0 Å². The van der Waals surface area contributed by atoms with Crippen molar-refractivity contribution in [2.75, 3.05) is 12.3 Å². The van der Waals surface area contributed by atoms with Gasteiger partial charge in [-0.2, -0.15) is 4.31 Å². The third-order valence-corrected chi connectivity index (χ3v) is 5.60. The van der Waals surface area contributed by atoms with Crippen LogP contribution in [0, 0.1) is 0 Å². The molecule has 1 aromatic heterocycles. The van der Waals surface area contributed by atoms with Gasteiger partial charge in [0.15, 0.2) is 0 Å². The van der Waals surface area contributed by atoms with Crippen LogP contribution in [-0.4, -0.2) is 30.3 Å². The lowest BCUT2D eigenvalue weighted by atomic mass is 10.1. The fourth-order valence-electron chi connectivity index (χ4n) is 2.55. The summed E-state index contributed by atoms with van der Waals surface area (Å²) in [7, 11) is -3.45. The predicted octanol–water partition coefficient (Wildman–Crippen LogP) is 2.01. The smallest absolute Gasteiger partial charge is 0.244 e. The summed E-state index contributed by atoms with van der Waals surface area (Å²) >= 11 is 0. The summed E-state index contributed by atoms with van der Waals surface area (Å²) in [5.41, 5.74) is 5.51. The first-order valence-corrected chi connectivity index (χ1v) is 8.23. The number of nitrogen functional groups attached to an aromatic ring is 1. The van der Waals surface area contributed by atoms with Crippen molar-refractivity contribution in [1.82, 2.24) is 9.29 Å². The molecule has 2 rings (SSSR count). The van der Waals surface area contributed by atoms with Gasteiger partial charge in [-0.25, -0.2) is 13.4 Å². The Kier molecular flexibility index (Phi) is 4.42. The molecule has 19 heavy (non-hydrogen) atoms. The largest absolute Gasteiger partial charge is 0.384 e. The van der Waals surface area contributed by atoms with Crippen LogP contribution in [0.25, 0.3) is 0 Å². The molecular formula is C13H21N3O2S. The molecule has 0 amide bonds. The fraction of sp³-hybridized carbons (Fsp3) is 0.615. The average molecular weight is 283 g/mol. The number of pyridine rings is 1. The van der Waals surface area contributed by atoms with Gasteiger partial charge < -0.3 is 5.73 Å². The molecular weight excluding hydrogens is 262 g/mol. The van der Waals surface area contributed by atoms with Crippen LogP contribution in [0.4, 0.5) is 5.82 Å². The molecule has 0 spiro atoms. The highest BCUT2D eigenvalue weighted by Crippen LogP contribution is 2.26. The minimum absolute atomic E-state index is 0.102. The first kappa shape index (κ1) is 14.3. The summed E-state index contributed by atoms with van der Waals surface area (Å²) < 4.78 is 27.0. The lowest BCUT2D eigenvalue weighted by molar-refractivity contribution is 0.315. The van der Waals surface area contributed by atoms with Crippen LogP contribution in [0.2, 0.25) is 0 Å². The fourth-order valence-corrected chi connectivity index (χ4v) is 4.27. The molecule has 1 aliphatic heterocycles. The van der Waals surface area contributed by atoms with Gasteiger partial charge in [-0.3, -0.25) is 0 Å². The third-order valence-electron chi connectivity index (χ3n) is 3.66. The van der Waals surface area contributed by atoms with Crippen molar-refractivity contribution in [3.05, 3.63) is 18.3 Å². The molecule has 5 nitrogen and oxygen atoms in total. The number of anilines is 1. The molecule has 106 valence electrons. The Morgan fingerprint density at radius 2 is 2.16 bits per heavy atom. The summed E-state index contributed by atoms with van der Waals surface area (Å²) in [6, 6.07) is 3.17. The van der Waals surface area contributed by atoms with Gasteiger partial charge in [-0.15, -0.1) is 0 Å². The summed E-state index contributed by atoms with van der Waals surface area (Å²) in [4.78, 5) is 4.12.